The van der Waals surface area contributed by atoms with Gasteiger partial charge in [-0.2, -0.15) is 0 Å². The van der Waals surface area contributed by atoms with Crippen LogP contribution in [0.1, 0.15) is 44.6 Å². The largest absolute Gasteiger partial charge is 0.454 e. The van der Waals surface area contributed by atoms with E-state index in [0.29, 0.717) is 12.0 Å². The van der Waals surface area contributed by atoms with Crippen molar-refractivity contribution >= 4 is 5.97 Å². The minimum atomic E-state index is -0.405. The molecule has 1 aliphatic heterocycles. The lowest BCUT2D eigenvalue weighted by Crippen LogP contribution is -3.16. The summed E-state index contributed by atoms with van der Waals surface area (Å²) >= 11 is 0. The van der Waals surface area contributed by atoms with Gasteiger partial charge in [0, 0.05) is 13.3 Å². The van der Waals surface area contributed by atoms with Gasteiger partial charge in [0.05, 0.1) is 25.6 Å². The molecule has 1 N–H and O–H groups in total. The van der Waals surface area contributed by atoms with Gasteiger partial charge < -0.3 is 9.64 Å². The zero-order valence-corrected chi connectivity index (χ0v) is 13.1. The van der Waals surface area contributed by atoms with Gasteiger partial charge in [0.1, 0.15) is 0 Å². The first kappa shape index (κ1) is 14.6. The van der Waals surface area contributed by atoms with Crippen LogP contribution in [0.25, 0.3) is 0 Å². The average Bonchev–Trinajstić information content (AvgIpc) is 2.51. The first-order chi connectivity index (χ1) is 10.1. The second-order valence-corrected chi connectivity index (χ2v) is 6.69. The molecule has 1 aromatic carbocycles. The molecule has 2 aliphatic rings. The van der Waals surface area contributed by atoms with Gasteiger partial charge in [-0.1, -0.05) is 36.8 Å². The van der Waals surface area contributed by atoms with Gasteiger partial charge in [-0.3, -0.25) is 4.79 Å². The second-order valence-electron chi connectivity index (χ2n) is 6.69. The Balaban J connectivity index is 2.03. The van der Waals surface area contributed by atoms with Gasteiger partial charge in [-0.25, -0.2) is 0 Å². The van der Waals surface area contributed by atoms with Gasteiger partial charge in [0.2, 0.25) is 0 Å². The van der Waals surface area contributed by atoms with E-state index < -0.39 is 5.60 Å². The molecule has 21 heavy (non-hydrogen) atoms. The molecular weight excluding hydrogens is 262 g/mol. The van der Waals surface area contributed by atoms with Crippen molar-refractivity contribution in [2.45, 2.75) is 50.7 Å². The van der Waals surface area contributed by atoms with E-state index in [2.05, 4.69) is 31.3 Å². The number of piperidine rings is 1. The fourth-order valence-electron chi connectivity index (χ4n) is 4.55. The summed E-state index contributed by atoms with van der Waals surface area (Å²) in [6, 6.07) is 11.0. The van der Waals surface area contributed by atoms with Gasteiger partial charge in [-0.05, 0) is 24.8 Å². The fraction of sp³-hybridized carbons (Fsp3) is 0.611. The highest BCUT2D eigenvalue weighted by molar-refractivity contribution is 5.67. The Kier molecular flexibility index (Phi) is 4.03. The van der Waals surface area contributed by atoms with E-state index in [1.807, 2.05) is 6.07 Å². The Morgan fingerprint density at radius 3 is 2.67 bits per heavy atom. The molecule has 3 rings (SSSR count). The summed E-state index contributed by atoms with van der Waals surface area (Å²) in [7, 11) is 2.30. The summed E-state index contributed by atoms with van der Waals surface area (Å²) in [6.07, 6.45) is 5.92. The van der Waals surface area contributed by atoms with Crippen molar-refractivity contribution in [3.63, 3.8) is 0 Å². The Morgan fingerprint density at radius 1 is 1.24 bits per heavy atom. The van der Waals surface area contributed by atoms with Crippen LogP contribution in [0.5, 0.6) is 0 Å². The minimum Gasteiger partial charge on any atom is -0.454 e. The lowest BCUT2D eigenvalue weighted by atomic mass is 9.66. The van der Waals surface area contributed by atoms with Gasteiger partial charge in [0.15, 0.2) is 5.60 Å². The first-order valence-corrected chi connectivity index (χ1v) is 8.21. The summed E-state index contributed by atoms with van der Waals surface area (Å²) in [5.41, 5.74) is 0.780. The number of ether oxygens (including phenoxy) is 1. The molecule has 1 unspecified atom stereocenters. The summed E-state index contributed by atoms with van der Waals surface area (Å²) in [6.45, 7) is 2.62. The van der Waals surface area contributed by atoms with Gasteiger partial charge in [0.25, 0.3) is 0 Å². The van der Waals surface area contributed by atoms with Gasteiger partial charge in [-0.15, -0.1) is 0 Å². The molecule has 4 atom stereocenters. The molecule has 1 saturated heterocycles. The molecule has 1 aliphatic carbocycles. The third-order valence-electron chi connectivity index (χ3n) is 5.48. The number of quaternary nitrogens is 1. The molecule has 0 radical (unpaired) electrons. The summed E-state index contributed by atoms with van der Waals surface area (Å²) in [4.78, 5) is 13.4. The number of carbonyl (C=O) groups excluding carboxylic acids is 1. The molecule has 1 heterocycles. The number of benzene rings is 1. The smallest absolute Gasteiger partial charge is 0.303 e. The zero-order valence-electron chi connectivity index (χ0n) is 13.1. The Morgan fingerprint density at radius 2 is 1.95 bits per heavy atom. The van der Waals surface area contributed by atoms with Crippen LogP contribution in [0.4, 0.5) is 0 Å². The Hall–Kier alpha value is -1.35. The molecule has 0 spiro atoms. The van der Waals surface area contributed by atoms with E-state index in [1.165, 1.54) is 31.2 Å². The molecule has 0 aromatic heterocycles. The fourth-order valence-corrected chi connectivity index (χ4v) is 4.55. The highest BCUT2D eigenvalue weighted by atomic mass is 16.6. The normalized spacial score (nSPS) is 35.8. The summed E-state index contributed by atoms with van der Waals surface area (Å²) in [5, 5.41) is 0. The highest BCUT2D eigenvalue weighted by Gasteiger charge is 2.54. The molecule has 114 valence electrons. The van der Waals surface area contributed by atoms with Crippen LogP contribution >= 0.6 is 0 Å². The van der Waals surface area contributed by atoms with E-state index in [9.17, 15) is 4.79 Å². The van der Waals surface area contributed by atoms with Crippen LogP contribution in [-0.4, -0.2) is 25.6 Å². The molecule has 1 aromatic rings. The molecule has 3 nitrogen and oxygen atoms in total. The SMILES string of the molecule is CC(=O)O[C@]1(c2ccccc2)CC[NH+](C)[C@H]2CCCC[C@H]21. The molecule has 3 heteroatoms. The maximum Gasteiger partial charge on any atom is 0.303 e. The van der Waals surface area contributed by atoms with Crippen LogP contribution in [0.2, 0.25) is 0 Å². The van der Waals surface area contributed by atoms with Crippen molar-refractivity contribution in [2.75, 3.05) is 13.6 Å². The van der Waals surface area contributed by atoms with Crippen LogP contribution in [0.3, 0.4) is 0 Å². The first-order valence-electron chi connectivity index (χ1n) is 8.21. The van der Waals surface area contributed by atoms with Gasteiger partial charge >= 0.3 is 5.97 Å². The van der Waals surface area contributed by atoms with Crippen LogP contribution < -0.4 is 4.90 Å². The minimum absolute atomic E-state index is 0.150. The molecule has 2 fully saturated rings. The second kappa shape index (κ2) is 5.80. The van der Waals surface area contributed by atoms with Crippen molar-refractivity contribution in [3.8, 4) is 0 Å². The van der Waals surface area contributed by atoms with E-state index in [1.54, 1.807) is 11.8 Å². The van der Waals surface area contributed by atoms with Crippen molar-refractivity contribution in [2.24, 2.45) is 5.92 Å². The van der Waals surface area contributed by atoms with E-state index >= 15 is 0 Å². The average molecular weight is 288 g/mol. The van der Waals surface area contributed by atoms with Crippen LogP contribution in [0.15, 0.2) is 30.3 Å². The summed E-state index contributed by atoms with van der Waals surface area (Å²) < 4.78 is 6.03. The number of hydrogen-bond donors (Lipinski definition) is 1. The topological polar surface area (TPSA) is 30.7 Å². The van der Waals surface area contributed by atoms with E-state index in [0.717, 1.165) is 13.0 Å². The number of esters is 1. The van der Waals surface area contributed by atoms with Crippen molar-refractivity contribution < 1.29 is 14.4 Å². The van der Waals surface area contributed by atoms with Crippen LogP contribution in [0, 0.1) is 5.92 Å². The number of nitrogens with one attached hydrogen (secondary N) is 1. The Bertz CT molecular complexity index is 501. The lowest BCUT2D eigenvalue weighted by molar-refractivity contribution is -0.921. The maximum absolute atomic E-state index is 11.8. The van der Waals surface area contributed by atoms with Crippen LogP contribution in [-0.2, 0) is 15.1 Å². The predicted octanol–water partition coefficient (Wildman–Crippen LogP) is 1.92. The summed E-state index contributed by atoms with van der Waals surface area (Å²) in [5.74, 6) is 0.300. The molecule has 1 saturated carbocycles. The molecule has 0 bridgehead atoms. The monoisotopic (exact) mass is 288 g/mol. The highest BCUT2D eigenvalue weighted by Crippen LogP contribution is 2.45. The number of likely N-dealkylation sites (tertiary alicyclic amines) is 1. The lowest BCUT2D eigenvalue weighted by Gasteiger charge is -2.50. The van der Waals surface area contributed by atoms with Crippen molar-refractivity contribution in [1.82, 2.24) is 0 Å². The number of hydrogen-bond acceptors (Lipinski definition) is 2. The van der Waals surface area contributed by atoms with Crippen molar-refractivity contribution in [3.05, 3.63) is 35.9 Å². The standard InChI is InChI=1S/C18H25NO2/c1-14(20)21-18(15-8-4-3-5-9-15)12-13-19(2)17-11-7-6-10-16(17)18/h3-5,8-9,16-17H,6-7,10-13H2,1-2H3/p+1/t16-,17+,18+/m1/s1. The van der Waals surface area contributed by atoms with E-state index in [-0.39, 0.29) is 5.97 Å². The Labute approximate surface area is 127 Å². The molecule has 0 amide bonds. The zero-order chi connectivity index (χ0) is 14.9. The molecular formula is C18H26NO2+. The third kappa shape index (κ3) is 2.59. The number of carbonyl (C=O) groups is 1. The number of rotatable bonds is 2. The predicted molar refractivity (Wildman–Crippen MR) is 82.0 cm³/mol. The number of fused-ring (bicyclic) bond motifs is 1. The third-order valence-corrected chi connectivity index (χ3v) is 5.48. The van der Waals surface area contributed by atoms with E-state index in [4.69, 9.17) is 4.74 Å². The van der Waals surface area contributed by atoms with Crippen molar-refractivity contribution in [1.29, 1.82) is 0 Å². The maximum atomic E-state index is 11.8. The quantitative estimate of drug-likeness (QED) is 0.843.